The lowest BCUT2D eigenvalue weighted by molar-refractivity contribution is -0.120. The lowest BCUT2D eigenvalue weighted by Crippen LogP contribution is -2.41. The van der Waals surface area contributed by atoms with Crippen LogP contribution in [0.1, 0.15) is 42.2 Å². The maximum absolute atomic E-state index is 13.7. The van der Waals surface area contributed by atoms with Crippen LogP contribution in [0.25, 0.3) is 0 Å². The van der Waals surface area contributed by atoms with Crippen LogP contribution >= 0.6 is 0 Å². The highest BCUT2D eigenvalue weighted by Gasteiger charge is 2.42. The van der Waals surface area contributed by atoms with Crippen molar-refractivity contribution < 1.29 is 14.3 Å². The summed E-state index contributed by atoms with van der Waals surface area (Å²) in [5, 5.41) is 0. The van der Waals surface area contributed by atoms with Gasteiger partial charge >= 0.3 is 0 Å². The first-order chi connectivity index (χ1) is 17.0. The molecule has 2 atom stereocenters. The zero-order valence-electron chi connectivity index (χ0n) is 20.4. The van der Waals surface area contributed by atoms with Crippen LogP contribution in [-0.4, -0.2) is 32.9 Å². The molecule has 0 spiro atoms. The lowest BCUT2D eigenvalue weighted by atomic mass is 9.72. The smallest absolute Gasteiger partial charge is 0.232 e. The van der Waals surface area contributed by atoms with Crippen molar-refractivity contribution in [1.82, 2.24) is 0 Å². The van der Waals surface area contributed by atoms with Crippen molar-refractivity contribution in [2.45, 2.75) is 31.1 Å². The van der Waals surface area contributed by atoms with Gasteiger partial charge in [-0.25, -0.2) is 0 Å². The van der Waals surface area contributed by atoms with Gasteiger partial charge < -0.3 is 9.64 Å². The van der Waals surface area contributed by atoms with Gasteiger partial charge in [-0.1, -0.05) is 48.5 Å². The Labute approximate surface area is 206 Å². The number of carbonyl (C=O) groups excluding carboxylic acids is 2. The van der Waals surface area contributed by atoms with E-state index in [0.29, 0.717) is 18.6 Å². The Balaban J connectivity index is 1.63. The quantitative estimate of drug-likeness (QED) is 0.485. The fourth-order valence-corrected chi connectivity index (χ4v) is 5.34. The number of ketones is 1. The van der Waals surface area contributed by atoms with Gasteiger partial charge in [0.1, 0.15) is 5.75 Å². The second-order valence-electron chi connectivity index (χ2n) is 9.47. The van der Waals surface area contributed by atoms with Crippen LogP contribution in [0.15, 0.2) is 90.1 Å². The van der Waals surface area contributed by atoms with Crippen molar-refractivity contribution in [2.24, 2.45) is 0 Å². The zero-order chi connectivity index (χ0) is 24.5. The van der Waals surface area contributed by atoms with Crippen molar-refractivity contribution in [1.29, 1.82) is 0 Å². The molecule has 0 bridgehead atoms. The van der Waals surface area contributed by atoms with Crippen molar-refractivity contribution in [3.05, 3.63) is 101 Å². The van der Waals surface area contributed by atoms with E-state index >= 15 is 0 Å². The molecule has 2 aliphatic rings. The SMILES string of the molecule is COc1cccc(N2C(=O)CC(c3ccc(N(C)C)cc3)C3=C2CC(c2ccccc2)CC3=O)c1. The van der Waals surface area contributed by atoms with Gasteiger partial charge in [-0.15, -0.1) is 0 Å². The van der Waals surface area contributed by atoms with Gasteiger partial charge in [0, 0.05) is 55.9 Å². The standard InChI is InChI=1S/C30H30N2O3/c1-31(2)23-14-12-21(13-15-23)26-19-29(34)32(24-10-7-11-25(18-24)35-3)27-16-22(17-28(33)30(26)27)20-8-5-4-6-9-20/h4-15,18,22,26H,16-17,19H2,1-3H3. The summed E-state index contributed by atoms with van der Waals surface area (Å²) in [5.41, 5.74) is 5.56. The topological polar surface area (TPSA) is 49.9 Å². The van der Waals surface area contributed by atoms with Crippen LogP contribution < -0.4 is 14.5 Å². The van der Waals surface area contributed by atoms with Crippen molar-refractivity contribution in [2.75, 3.05) is 31.0 Å². The fraction of sp³-hybridized carbons (Fsp3) is 0.267. The molecule has 35 heavy (non-hydrogen) atoms. The molecule has 1 aliphatic carbocycles. The van der Waals surface area contributed by atoms with E-state index in [1.165, 1.54) is 0 Å². The molecule has 0 saturated heterocycles. The predicted octanol–water partition coefficient (Wildman–Crippen LogP) is 5.68. The van der Waals surface area contributed by atoms with Crippen LogP contribution in [0.2, 0.25) is 0 Å². The maximum Gasteiger partial charge on any atom is 0.232 e. The molecule has 178 valence electrons. The highest BCUT2D eigenvalue weighted by Crippen LogP contribution is 2.47. The number of nitrogens with zero attached hydrogens (tertiary/aromatic N) is 2. The number of anilines is 2. The average molecular weight is 467 g/mol. The third kappa shape index (κ3) is 4.34. The first-order valence-corrected chi connectivity index (χ1v) is 12.0. The van der Waals surface area contributed by atoms with Gasteiger partial charge in [-0.2, -0.15) is 0 Å². The molecule has 3 aromatic rings. The highest BCUT2D eigenvalue weighted by molar-refractivity contribution is 6.08. The Morgan fingerprint density at radius 3 is 2.26 bits per heavy atom. The van der Waals surface area contributed by atoms with E-state index < -0.39 is 0 Å². The van der Waals surface area contributed by atoms with E-state index in [0.717, 1.165) is 33.8 Å². The number of hydrogen-bond acceptors (Lipinski definition) is 4. The van der Waals surface area contributed by atoms with E-state index in [4.69, 9.17) is 4.74 Å². The Morgan fingerprint density at radius 1 is 0.829 bits per heavy atom. The Morgan fingerprint density at radius 2 is 1.57 bits per heavy atom. The maximum atomic E-state index is 13.7. The van der Waals surface area contributed by atoms with Gasteiger partial charge in [0.05, 0.1) is 12.8 Å². The zero-order valence-corrected chi connectivity index (χ0v) is 20.4. The number of hydrogen-bond donors (Lipinski definition) is 0. The molecule has 5 heteroatoms. The van der Waals surface area contributed by atoms with Gasteiger partial charge in [0.2, 0.25) is 5.91 Å². The molecule has 0 N–H and O–H groups in total. The Bertz CT molecular complexity index is 1280. The number of amides is 1. The normalized spacial score (nSPS) is 20.0. The Kier molecular flexibility index (Phi) is 6.16. The van der Waals surface area contributed by atoms with Gasteiger partial charge in [-0.05, 0) is 47.7 Å². The van der Waals surface area contributed by atoms with Crippen molar-refractivity contribution in [3.8, 4) is 5.75 Å². The lowest BCUT2D eigenvalue weighted by Gasteiger charge is -2.40. The molecule has 0 radical (unpaired) electrons. The summed E-state index contributed by atoms with van der Waals surface area (Å²) in [7, 11) is 5.62. The first-order valence-electron chi connectivity index (χ1n) is 12.0. The summed E-state index contributed by atoms with van der Waals surface area (Å²) in [4.78, 5) is 31.2. The monoisotopic (exact) mass is 466 g/mol. The third-order valence-corrected chi connectivity index (χ3v) is 7.12. The molecule has 0 aromatic heterocycles. The second kappa shape index (κ2) is 9.41. The summed E-state index contributed by atoms with van der Waals surface area (Å²) >= 11 is 0. The number of carbonyl (C=O) groups is 2. The van der Waals surface area contributed by atoms with E-state index in [1.54, 1.807) is 12.0 Å². The largest absolute Gasteiger partial charge is 0.497 e. The van der Waals surface area contributed by atoms with E-state index in [2.05, 4.69) is 36.4 Å². The molecule has 2 unspecified atom stereocenters. The molecular weight excluding hydrogens is 436 g/mol. The molecular formula is C30H30N2O3. The van der Waals surface area contributed by atoms with Gasteiger partial charge in [0.25, 0.3) is 0 Å². The first kappa shape index (κ1) is 22.9. The fourth-order valence-electron chi connectivity index (χ4n) is 5.34. The number of ether oxygens (including phenoxy) is 1. The summed E-state index contributed by atoms with van der Waals surface area (Å²) in [6.45, 7) is 0. The minimum atomic E-state index is -0.236. The average Bonchev–Trinajstić information content (AvgIpc) is 2.88. The number of allylic oxidation sites excluding steroid dienone is 2. The summed E-state index contributed by atoms with van der Waals surface area (Å²) in [6.07, 6.45) is 1.36. The summed E-state index contributed by atoms with van der Waals surface area (Å²) < 4.78 is 5.42. The number of rotatable bonds is 5. The van der Waals surface area contributed by atoms with E-state index in [9.17, 15) is 9.59 Å². The minimum absolute atomic E-state index is 0.000186. The molecule has 0 fully saturated rings. The minimum Gasteiger partial charge on any atom is -0.497 e. The molecule has 1 aliphatic heterocycles. The number of Topliss-reactive ketones (excluding diaryl/α,β-unsaturated/α-hetero) is 1. The van der Waals surface area contributed by atoms with Crippen LogP contribution in [0.3, 0.4) is 0 Å². The van der Waals surface area contributed by atoms with Gasteiger partial charge in [0.15, 0.2) is 5.78 Å². The molecule has 5 rings (SSSR count). The van der Waals surface area contributed by atoms with Crippen molar-refractivity contribution in [3.63, 3.8) is 0 Å². The summed E-state index contributed by atoms with van der Waals surface area (Å²) in [5.74, 6) is 0.612. The molecule has 1 amide bonds. The molecule has 1 heterocycles. The van der Waals surface area contributed by atoms with Crippen LogP contribution in [0.4, 0.5) is 11.4 Å². The van der Waals surface area contributed by atoms with E-state index in [1.807, 2.05) is 61.5 Å². The molecule has 0 saturated carbocycles. The van der Waals surface area contributed by atoms with Crippen LogP contribution in [0, 0.1) is 0 Å². The summed E-state index contributed by atoms with van der Waals surface area (Å²) in [6, 6.07) is 25.9. The number of benzene rings is 3. The van der Waals surface area contributed by atoms with E-state index in [-0.39, 0.29) is 29.9 Å². The van der Waals surface area contributed by atoms with Gasteiger partial charge in [-0.3, -0.25) is 14.5 Å². The number of methoxy groups -OCH3 is 1. The Hall–Kier alpha value is -3.86. The van der Waals surface area contributed by atoms with Crippen LogP contribution in [0.5, 0.6) is 5.75 Å². The molecule has 5 nitrogen and oxygen atoms in total. The third-order valence-electron chi connectivity index (χ3n) is 7.12. The highest BCUT2D eigenvalue weighted by atomic mass is 16.5. The second-order valence-corrected chi connectivity index (χ2v) is 9.47. The molecule has 3 aromatic carbocycles. The van der Waals surface area contributed by atoms with Crippen LogP contribution in [-0.2, 0) is 9.59 Å². The predicted molar refractivity (Wildman–Crippen MR) is 139 cm³/mol. The van der Waals surface area contributed by atoms with Crippen molar-refractivity contribution >= 4 is 23.1 Å².